The Hall–Kier alpha value is -0.890. The number of nitrogens with one attached hydrogen (secondary N) is 1. The molecule has 0 saturated heterocycles. The number of ether oxygens (including phenoxy) is 1. The largest absolute Gasteiger partial charge is 0.492 e. The minimum atomic E-state index is 0.477. The summed E-state index contributed by atoms with van der Waals surface area (Å²) < 4.78 is 5.57. The number of halogens is 1. The van der Waals surface area contributed by atoms with Crippen LogP contribution in [0.1, 0.15) is 52.9 Å². The lowest BCUT2D eigenvalue weighted by Gasteiger charge is -2.16. The van der Waals surface area contributed by atoms with Crippen LogP contribution in [0.5, 0.6) is 5.75 Å². The Kier molecular flexibility index (Phi) is 7.73. The molecular weight excluding hydrogens is 258 g/mol. The van der Waals surface area contributed by atoms with Crippen LogP contribution in [0.2, 0.25) is 5.02 Å². The zero-order valence-corrected chi connectivity index (χ0v) is 13.1. The van der Waals surface area contributed by atoms with Crippen molar-refractivity contribution < 1.29 is 4.74 Å². The number of hydrogen-bond donors (Lipinski definition) is 1. The first kappa shape index (κ1) is 16.2. The Balaban J connectivity index is 2.48. The van der Waals surface area contributed by atoms with Crippen LogP contribution in [0.15, 0.2) is 18.2 Å². The van der Waals surface area contributed by atoms with Gasteiger partial charge in [-0.25, -0.2) is 0 Å². The van der Waals surface area contributed by atoms with Crippen molar-refractivity contribution >= 4 is 17.3 Å². The predicted octanol–water partition coefficient (Wildman–Crippen LogP) is 5.51. The summed E-state index contributed by atoms with van der Waals surface area (Å²) in [5.41, 5.74) is 1.07. The molecule has 1 aromatic carbocycles. The summed E-state index contributed by atoms with van der Waals surface area (Å²) in [6.45, 7) is 7.24. The minimum Gasteiger partial charge on any atom is -0.492 e. The van der Waals surface area contributed by atoms with E-state index in [0.29, 0.717) is 17.7 Å². The second-order valence-corrected chi connectivity index (χ2v) is 5.44. The molecule has 19 heavy (non-hydrogen) atoms. The summed E-state index contributed by atoms with van der Waals surface area (Å²) in [6, 6.07) is 6.40. The number of hydrogen-bond acceptors (Lipinski definition) is 2. The third-order valence-corrected chi connectivity index (χ3v) is 3.34. The number of rotatable bonds is 9. The molecular formula is C16H26ClNO. The fourth-order valence-corrected chi connectivity index (χ4v) is 2.21. The molecule has 2 nitrogen and oxygen atoms in total. The van der Waals surface area contributed by atoms with Gasteiger partial charge in [0.1, 0.15) is 5.75 Å². The van der Waals surface area contributed by atoms with Gasteiger partial charge in [0.15, 0.2) is 0 Å². The van der Waals surface area contributed by atoms with Gasteiger partial charge >= 0.3 is 0 Å². The van der Waals surface area contributed by atoms with Crippen molar-refractivity contribution in [3.63, 3.8) is 0 Å². The Morgan fingerprint density at radius 1 is 1.21 bits per heavy atom. The fourth-order valence-electron chi connectivity index (χ4n) is 1.98. The molecule has 0 heterocycles. The standard InChI is InChI=1S/C16H26ClNO/c1-4-6-7-8-13(3)18-14-9-10-16(15(17)12-14)19-11-5-2/h9-10,12-13,18H,4-8,11H2,1-3H3. The summed E-state index contributed by atoms with van der Waals surface area (Å²) >= 11 is 6.21. The fraction of sp³-hybridized carbons (Fsp3) is 0.625. The van der Waals surface area contributed by atoms with Gasteiger partial charge in [-0.1, -0.05) is 44.7 Å². The Labute approximate surface area is 122 Å². The second kappa shape index (κ2) is 9.08. The first-order chi connectivity index (χ1) is 9.17. The van der Waals surface area contributed by atoms with Crippen LogP contribution >= 0.6 is 11.6 Å². The van der Waals surface area contributed by atoms with Crippen LogP contribution in [-0.4, -0.2) is 12.6 Å². The molecule has 3 heteroatoms. The van der Waals surface area contributed by atoms with E-state index in [4.69, 9.17) is 16.3 Å². The average Bonchev–Trinajstić information content (AvgIpc) is 2.38. The smallest absolute Gasteiger partial charge is 0.138 e. The molecule has 0 radical (unpaired) electrons. The number of benzene rings is 1. The topological polar surface area (TPSA) is 21.3 Å². The molecule has 1 atom stereocenters. The third-order valence-electron chi connectivity index (χ3n) is 3.05. The molecule has 0 bridgehead atoms. The first-order valence-corrected chi connectivity index (χ1v) is 7.74. The van der Waals surface area contributed by atoms with Gasteiger partial charge in [0.2, 0.25) is 0 Å². The maximum atomic E-state index is 6.21. The SMILES string of the molecule is CCCCCC(C)Nc1ccc(OCCC)c(Cl)c1. The van der Waals surface area contributed by atoms with Gasteiger partial charge in [0.05, 0.1) is 11.6 Å². The van der Waals surface area contributed by atoms with E-state index in [2.05, 4.69) is 26.1 Å². The van der Waals surface area contributed by atoms with Crippen LogP contribution in [-0.2, 0) is 0 Å². The molecule has 1 rings (SSSR count). The normalized spacial score (nSPS) is 12.2. The molecule has 1 N–H and O–H groups in total. The van der Waals surface area contributed by atoms with E-state index in [1.165, 1.54) is 25.7 Å². The molecule has 0 aliphatic rings. The molecule has 0 spiro atoms. The Bertz CT molecular complexity index is 368. The summed E-state index contributed by atoms with van der Waals surface area (Å²) in [7, 11) is 0. The number of unbranched alkanes of at least 4 members (excludes halogenated alkanes) is 2. The zero-order chi connectivity index (χ0) is 14.1. The van der Waals surface area contributed by atoms with Gasteiger partial charge < -0.3 is 10.1 Å². The van der Waals surface area contributed by atoms with Crippen molar-refractivity contribution in [3.8, 4) is 5.75 Å². The minimum absolute atomic E-state index is 0.477. The van der Waals surface area contributed by atoms with Gasteiger partial charge in [0.25, 0.3) is 0 Å². The van der Waals surface area contributed by atoms with E-state index in [1.54, 1.807) is 0 Å². The Morgan fingerprint density at radius 3 is 2.63 bits per heavy atom. The first-order valence-electron chi connectivity index (χ1n) is 7.36. The highest BCUT2D eigenvalue weighted by atomic mass is 35.5. The summed E-state index contributed by atoms with van der Waals surface area (Å²) in [5.74, 6) is 0.771. The Morgan fingerprint density at radius 2 is 2.00 bits per heavy atom. The van der Waals surface area contributed by atoms with Crippen LogP contribution in [0.25, 0.3) is 0 Å². The lowest BCUT2D eigenvalue weighted by Crippen LogP contribution is -2.14. The molecule has 108 valence electrons. The van der Waals surface area contributed by atoms with Crippen LogP contribution in [0.4, 0.5) is 5.69 Å². The van der Waals surface area contributed by atoms with Crippen molar-refractivity contribution in [2.45, 2.75) is 58.9 Å². The molecule has 0 saturated carbocycles. The van der Waals surface area contributed by atoms with Crippen LogP contribution < -0.4 is 10.1 Å². The van der Waals surface area contributed by atoms with Gasteiger partial charge in [-0.2, -0.15) is 0 Å². The van der Waals surface area contributed by atoms with E-state index in [1.807, 2.05) is 18.2 Å². The maximum absolute atomic E-state index is 6.21. The van der Waals surface area contributed by atoms with E-state index < -0.39 is 0 Å². The zero-order valence-electron chi connectivity index (χ0n) is 12.3. The van der Waals surface area contributed by atoms with Gasteiger partial charge in [-0.05, 0) is 38.0 Å². The molecule has 1 unspecified atom stereocenters. The quantitative estimate of drug-likeness (QED) is 0.603. The molecule has 0 amide bonds. The summed E-state index contributed by atoms with van der Waals surface area (Å²) in [4.78, 5) is 0. The lowest BCUT2D eigenvalue weighted by atomic mass is 10.1. The molecule has 1 aromatic rings. The van der Waals surface area contributed by atoms with E-state index in [9.17, 15) is 0 Å². The highest BCUT2D eigenvalue weighted by Crippen LogP contribution is 2.28. The van der Waals surface area contributed by atoms with Crippen LogP contribution in [0, 0.1) is 0 Å². The van der Waals surface area contributed by atoms with E-state index in [-0.39, 0.29) is 0 Å². The van der Waals surface area contributed by atoms with Gasteiger partial charge in [0, 0.05) is 11.7 Å². The number of anilines is 1. The molecule has 0 fully saturated rings. The monoisotopic (exact) mass is 283 g/mol. The van der Waals surface area contributed by atoms with Crippen molar-refractivity contribution in [2.24, 2.45) is 0 Å². The summed E-state index contributed by atoms with van der Waals surface area (Å²) in [5, 5.41) is 4.16. The predicted molar refractivity (Wildman–Crippen MR) is 84.5 cm³/mol. The maximum Gasteiger partial charge on any atom is 0.138 e. The highest BCUT2D eigenvalue weighted by molar-refractivity contribution is 6.32. The van der Waals surface area contributed by atoms with Crippen molar-refractivity contribution in [2.75, 3.05) is 11.9 Å². The van der Waals surface area contributed by atoms with Crippen molar-refractivity contribution in [3.05, 3.63) is 23.2 Å². The average molecular weight is 284 g/mol. The van der Waals surface area contributed by atoms with Crippen molar-refractivity contribution in [1.82, 2.24) is 0 Å². The molecule has 0 aliphatic carbocycles. The third kappa shape index (κ3) is 6.20. The molecule has 0 aliphatic heterocycles. The van der Waals surface area contributed by atoms with Gasteiger partial charge in [-0.3, -0.25) is 0 Å². The molecule has 0 aromatic heterocycles. The second-order valence-electron chi connectivity index (χ2n) is 5.03. The van der Waals surface area contributed by atoms with E-state index in [0.717, 1.165) is 17.9 Å². The summed E-state index contributed by atoms with van der Waals surface area (Å²) in [6.07, 6.45) is 6.03. The van der Waals surface area contributed by atoms with Crippen LogP contribution in [0.3, 0.4) is 0 Å². The van der Waals surface area contributed by atoms with Gasteiger partial charge in [-0.15, -0.1) is 0 Å². The van der Waals surface area contributed by atoms with Crippen molar-refractivity contribution in [1.29, 1.82) is 0 Å². The van der Waals surface area contributed by atoms with E-state index >= 15 is 0 Å². The lowest BCUT2D eigenvalue weighted by molar-refractivity contribution is 0.317. The highest BCUT2D eigenvalue weighted by Gasteiger charge is 2.05.